The normalized spacial score (nSPS) is 25.7. The van der Waals surface area contributed by atoms with Gasteiger partial charge in [0.15, 0.2) is 5.69 Å². The molecule has 5 nitrogen and oxygen atoms in total. The van der Waals surface area contributed by atoms with Crippen molar-refractivity contribution in [2.24, 2.45) is 11.1 Å². The Morgan fingerprint density at radius 2 is 2.44 bits per heavy atom. The number of rotatable bonds is 2. The zero-order valence-electron chi connectivity index (χ0n) is 9.36. The number of anilines is 1. The molecule has 3 N–H and O–H groups in total. The molecule has 1 atom stereocenters. The minimum absolute atomic E-state index is 0.360. The summed E-state index contributed by atoms with van der Waals surface area (Å²) in [6, 6.07) is 2.16. The molecule has 2 heterocycles. The standard InChI is InChI=1S/C11H16N4O/c1-11(3-4-11)8-2-5-13-9-6-7(10(12)16)14-15(8)9/h6,8,13H,2-5H2,1H3,(H2,12,16). The number of aromatic nitrogens is 2. The molecule has 0 bridgehead atoms. The summed E-state index contributed by atoms with van der Waals surface area (Å²) >= 11 is 0. The highest BCUT2D eigenvalue weighted by Crippen LogP contribution is 2.56. The van der Waals surface area contributed by atoms with Crippen molar-refractivity contribution in [2.75, 3.05) is 11.9 Å². The van der Waals surface area contributed by atoms with Crippen molar-refractivity contribution < 1.29 is 4.79 Å². The van der Waals surface area contributed by atoms with Gasteiger partial charge in [-0.25, -0.2) is 4.68 Å². The van der Waals surface area contributed by atoms with E-state index in [0.29, 0.717) is 17.2 Å². The molecule has 3 rings (SSSR count). The van der Waals surface area contributed by atoms with Crippen LogP contribution in [0.5, 0.6) is 0 Å². The number of carbonyl (C=O) groups is 1. The third-order valence-corrected chi connectivity index (χ3v) is 3.85. The number of carbonyl (C=O) groups excluding carboxylic acids is 1. The van der Waals surface area contributed by atoms with Crippen LogP contribution in [0.4, 0.5) is 5.82 Å². The minimum atomic E-state index is -0.455. The third-order valence-electron chi connectivity index (χ3n) is 3.85. The second kappa shape index (κ2) is 2.99. The number of primary amides is 1. The fourth-order valence-corrected chi connectivity index (χ4v) is 2.52. The molecule has 2 aliphatic rings. The fraction of sp³-hybridized carbons (Fsp3) is 0.636. The van der Waals surface area contributed by atoms with Gasteiger partial charge in [-0.2, -0.15) is 5.10 Å². The number of nitrogens with one attached hydrogen (secondary N) is 1. The lowest BCUT2D eigenvalue weighted by Gasteiger charge is -2.30. The van der Waals surface area contributed by atoms with Crippen molar-refractivity contribution >= 4 is 11.7 Å². The van der Waals surface area contributed by atoms with Crippen LogP contribution in [0.1, 0.15) is 42.7 Å². The van der Waals surface area contributed by atoms with Gasteiger partial charge in [0.1, 0.15) is 5.82 Å². The van der Waals surface area contributed by atoms with Crippen LogP contribution >= 0.6 is 0 Å². The van der Waals surface area contributed by atoms with Gasteiger partial charge >= 0.3 is 0 Å². The van der Waals surface area contributed by atoms with E-state index < -0.39 is 5.91 Å². The molecular formula is C11H16N4O. The number of hydrogen-bond acceptors (Lipinski definition) is 3. The molecule has 0 saturated heterocycles. The molecule has 1 saturated carbocycles. The number of nitrogens with zero attached hydrogens (tertiary/aromatic N) is 2. The van der Waals surface area contributed by atoms with E-state index in [1.807, 2.05) is 4.68 Å². The van der Waals surface area contributed by atoms with Gasteiger partial charge in [0, 0.05) is 12.6 Å². The molecule has 1 fully saturated rings. The summed E-state index contributed by atoms with van der Waals surface area (Å²) in [4.78, 5) is 11.1. The number of hydrogen-bond donors (Lipinski definition) is 2. The topological polar surface area (TPSA) is 72.9 Å². The van der Waals surface area contributed by atoms with Crippen LogP contribution < -0.4 is 11.1 Å². The van der Waals surface area contributed by atoms with Gasteiger partial charge in [-0.1, -0.05) is 6.92 Å². The predicted molar refractivity (Wildman–Crippen MR) is 60.2 cm³/mol. The molecule has 0 aromatic carbocycles. The summed E-state index contributed by atoms with van der Waals surface area (Å²) in [5.74, 6) is 0.474. The highest BCUT2D eigenvalue weighted by Gasteiger charge is 2.47. The van der Waals surface area contributed by atoms with E-state index in [1.165, 1.54) is 12.8 Å². The Kier molecular flexibility index (Phi) is 1.81. The summed E-state index contributed by atoms with van der Waals surface area (Å²) in [6.45, 7) is 3.24. The first-order chi connectivity index (χ1) is 7.60. The Morgan fingerprint density at radius 1 is 1.69 bits per heavy atom. The molecule has 86 valence electrons. The molecule has 1 aromatic heterocycles. The van der Waals surface area contributed by atoms with Crippen molar-refractivity contribution in [1.29, 1.82) is 0 Å². The molecule has 1 unspecified atom stereocenters. The lowest BCUT2D eigenvalue weighted by atomic mass is 9.95. The van der Waals surface area contributed by atoms with Crippen LogP contribution in [0, 0.1) is 5.41 Å². The second-order valence-electron chi connectivity index (χ2n) is 5.11. The average molecular weight is 220 g/mol. The van der Waals surface area contributed by atoms with Crippen LogP contribution in [0.3, 0.4) is 0 Å². The monoisotopic (exact) mass is 220 g/mol. The Morgan fingerprint density at radius 3 is 3.06 bits per heavy atom. The smallest absolute Gasteiger partial charge is 0.269 e. The lowest BCUT2D eigenvalue weighted by Crippen LogP contribution is -2.29. The lowest BCUT2D eigenvalue weighted by molar-refractivity contribution is 0.0993. The molecule has 0 radical (unpaired) electrons. The molecule has 1 amide bonds. The molecule has 16 heavy (non-hydrogen) atoms. The van der Waals surface area contributed by atoms with E-state index in [4.69, 9.17) is 5.73 Å². The van der Waals surface area contributed by atoms with Gasteiger partial charge in [0.05, 0.1) is 6.04 Å². The number of fused-ring (bicyclic) bond motifs is 1. The van der Waals surface area contributed by atoms with Crippen molar-refractivity contribution in [3.05, 3.63) is 11.8 Å². The highest BCUT2D eigenvalue weighted by atomic mass is 16.1. The third kappa shape index (κ3) is 1.31. The van der Waals surface area contributed by atoms with Crippen molar-refractivity contribution in [1.82, 2.24) is 9.78 Å². The molecule has 5 heteroatoms. The summed E-state index contributed by atoms with van der Waals surface area (Å²) < 4.78 is 1.95. The van der Waals surface area contributed by atoms with Crippen molar-refractivity contribution in [3.8, 4) is 0 Å². The zero-order valence-corrected chi connectivity index (χ0v) is 9.36. The Balaban J connectivity index is 2.01. The van der Waals surface area contributed by atoms with Crippen LogP contribution in [0.25, 0.3) is 0 Å². The summed E-state index contributed by atoms with van der Waals surface area (Å²) in [5.41, 5.74) is 5.99. The summed E-state index contributed by atoms with van der Waals surface area (Å²) in [5, 5.41) is 7.58. The van der Waals surface area contributed by atoms with Crippen LogP contribution in [-0.4, -0.2) is 22.2 Å². The van der Waals surface area contributed by atoms with E-state index in [9.17, 15) is 4.79 Å². The average Bonchev–Trinajstić information content (AvgIpc) is 2.84. The maximum Gasteiger partial charge on any atom is 0.269 e. The minimum Gasteiger partial charge on any atom is -0.370 e. The van der Waals surface area contributed by atoms with Gasteiger partial charge in [0.25, 0.3) is 5.91 Å². The maximum atomic E-state index is 11.1. The Bertz CT molecular complexity index is 447. The molecule has 1 aliphatic carbocycles. The fourth-order valence-electron chi connectivity index (χ4n) is 2.52. The van der Waals surface area contributed by atoms with Crippen LogP contribution in [0.15, 0.2) is 6.07 Å². The van der Waals surface area contributed by atoms with E-state index in [0.717, 1.165) is 18.8 Å². The van der Waals surface area contributed by atoms with Crippen LogP contribution in [-0.2, 0) is 0 Å². The molecule has 1 aromatic rings. The molecule has 1 aliphatic heterocycles. The van der Waals surface area contributed by atoms with Gasteiger partial charge in [-0.05, 0) is 24.7 Å². The van der Waals surface area contributed by atoms with E-state index in [-0.39, 0.29) is 0 Å². The van der Waals surface area contributed by atoms with Crippen molar-refractivity contribution in [2.45, 2.75) is 32.2 Å². The van der Waals surface area contributed by atoms with Crippen LogP contribution in [0.2, 0.25) is 0 Å². The molecular weight excluding hydrogens is 204 g/mol. The SMILES string of the molecule is CC1(C2CCNc3cc(C(N)=O)nn32)CC1. The van der Waals surface area contributed by atoms with Gasteiger partial charge in [-0.3, -0.25) is 4.79 Å². The van der Waals surface area contributed by atoms with Crippen molar-refractivity contribution in [3.63, 3.8) is 0 Å². The predicted octanol–water partition coefficient (Wildman–Crippen LogP) is 1.14. The van der Waals surface area contributed by atoms with E-state index in [2.05, 4.69) is 17.3 Å². The highest BCUT2D eigenvalue weighted by molar-refractivity contribution is 5.91. The Labute approximate surface area is 94.0 Å². The summed E-state index contributed by atoms with van der Waals surface area (Å²) in [7, 11) is 0. The summed E-state index contributed by atoms with van der Waals surface area (Å²) in [6.07, 6.45) is 3.58. The maximum absolute atomic E-state index is 11.1. The van der Waals surface area contributed by atoms with Gasteiger partial charge < -0.3 is 11.1 Å². The van der Waals surface area contributed by atoms with E-state index in [1.54, 1.807) is 6.07 Å². The quantitative estimate of drug-likeness (QED) is 0.785. The second-order valence-corrected chi connectivity index (χ2v) is 5.11. The van der Waals surface area contributed by atoms with Gasteiger partial charge in [-0.15, -0.1) is 0 Å². The largest absolute Gasteiger partial charge is 0.370 e. The number of amides is 1. The van der Waals surface area contributed by atoms with Gasteiger partial charge in [0.2, 0.25) is 0 Å². The molecule has 0 spiro atoms. The first-order valence-electron chi connectivity index (χ1n) is 5.73. The Hall–Kier alpha value is -1.52. The first-order valence-corrected chi connectivity index (χ1v) is 5.73. The van der Waals surface area contributed by atoms with E-state index >= 15 is 0 Å². The zero-order chi connectivity index (χ0) is 11.3. The number of nitrogens with two attached hydrogens (primary N) is 1. The first kappa shape index (κ1) is 9.69.